The van der Waals surface area contributed by atoms with Crippen molar-refractivity contribution >= 4 is 28.6 Å². The zero-order valence-electron chi connectivity index (χ0n) is 17.4. The van der Waals surface area contributed by atoms with Crippen LogP contribution < -0.4 is 15.4 Å². The van der Waals surface area contributed by atoms with Crippen molar-refractivity contribution in [1.29, 1.82) is 0 Å². The van der Waals surface area contributed by atoms with Crippen LogP contribution in [-0.2, 0) is 7.05 Å². The third-order valence-corrected chi connectivity index (χ3v) is 4.76. The highest BCUT2D eigenvalue weighted by Gasteiger charge is 2.11. The molecule has 2 aromatic carbocycles. The predicted molar refractivity (Wildman–Crippen MR) is 118 cm³/mol. The summed E-state index contributed by atoms with van der Waals surface area (Å²) in [5, 5.41) is 5.95. The molecule has 0 aliphatic heterocycles. The number of pyridine rings is 1. The van der Waals surface area contributed by atoms with Crippen LogP contribution >= 0.6 is 0 Å². The number of nitrogens with zero attached hydrogens (tertiary/aromatic N) is 3. The molecule has 1 amide bonds. The fraction of sp³-hybridized carbons (Fsp3) is 0.174. The van der Waals surface area contributed by atoms with Gasteiger partial charge in [-0.3, -0.25) is 9.78 Å². The average molecular weight is 401 g/mol. The van der Waals surface area contributed by atoms with E-state index in [1.165, 1.54) is 11.1 Å². The van der Waals surface area contributed by atoms with Crippen molar-refractivity contribution < 1.29 is 9.53 Å². The number of benzene rings is 2. The lowest BCUT2D eigenvalue weighted by atomic mass is 10.1. The Kier molecular flexibility index (Phi) is 5.10. The summed E-state index contributed by atoms with van der Waals surface area (Å²) in [5.41, 5.74) is 5.48. The van der Waals surface area contributed by atoms with Crippen molar-refractivity contribution in [3.63, 3.8) is 0 Å². The molecule has 4 aromatic rings. The van der Waals surface area contributed by atoms with Crippen molar-refractivity contribution in [2.75, 3.05) is 12.4 Å². The van der Waals surface area contributed by atoms with Gasteiger partial charge in [-0.05, 0) is 55.3 Å². The number of hydrogen-bond donors (Lipinski definition) is 2. The van der Waals surface area contributed by atoms with Crippen molar-refractivity contribution in [1.82, 2.24) is 19.9 Å². The molecular formula is C23H23N5O2. The number of fused-ring (bicyclic) bond motifs is 1. The molecule has 30 heavy (non-hydrogen) atoms. The number of nitrogens with one attached hydrogen (secondary N) is 2. The molecule has 2 aromatic heterocycles. The Bertz CT molecular complexity index is 1230. The quantitative estimate of drug-likeness (QED) is 0.515. The van der Waals surface area contributed by atoms with Crippen LogP contribution in [0.2, 0.25) is 0 Å². The average Bonchev–Trinajstić information content (AvgIpc) is 3.01. The molecule has 7 nitrogen and oxygen atoms in total. The standard InChI is InChI=1S/C23H23N5O2/c1-14-9-15(2)11-16(10-14)26-23-27-19-12-17(5-6-21(19)28(23)4)30-18-7-8-25-20(13-18)22(29)24-3/h5-13H,1-4H3,(H,24,29)(H,26,27). The zero-order valence-corrected chi connectivity index (χ0v) is 17.4. The topological polar surface area (TPSA) is 81.1 Å². The molecule has 2 heterocycles. The highest BCUT2D eigenvalue weighted by molar-refractivity contribution is 5.92. The van der Waals surface area contributed by atoms with Crippen molar-refractivity contribution in [2.45, 2.75) is 13.8 Å². The van der Waals surface area contributed by atoms with Gasteiger partial charge in [-0.25, -0.2) is 4.98 Å². The number of carbonyl (C=O) groups excluding carboxylic acids is 1. The highest BCUT2D eigenvalue weighted by atomic mass is 16.5. The summed E-state index contributed by atoms with van der Waals surface area (Å²) in [4.78, 5) is 20.6. The molecule has 2 N–H and O–H groups in total. The maximum atomic E-state index is 11.8. The smallest absolute Gasteiger partial charge is 0.269 e. The third-order valence-electron chi connectivity index (χ3n) is 4.76. The first kappa shape index (κ1) is 19.4. The number of aromatic nitrogens is 3. The number of ether oxygens (including phenoxy) is 1. The lowest BCUT2D eigenvalue weighted by Crippen LogP contribution is -2.18. The molecule has 0 aliphatic carbocycles. The molecule has 0 spiro atoms. The van der Waals surface area contributed by atoms with Gasteiger partial charge in [-0.2, -0.15) is 0 Å². The molecule has 0 unspecified atom stereocenters. The number of aryl methyl sites for hydroxylation is 3. The minimum absolute atomic E-state index is 0.261. The Morgan fingerprint density at radius 2 is 1.73 bits per heavy atom. The van der Waals surface area contributed by atoms with Crippen molar-refractivity contribution in [3.05, 3.63) is 71.5 Å². The molecule has 152 valence electrons. The molecule has 0 fully saturated rings. The SMILES string of the molecule is CNC(=O)c1cc(Oc2ccc3c(c2)nc(Nc2cc(C)cc(C)c2)n3C)ccn1. The summed E-state index contributed by atoms with van der Waals surface area (Å²) in [5.74, 6) is 1.65. The van der Waals surface area contributed by atoms with E-state index in [0.717, 1.165) is 22.7 Å². The Labute approximate surface area is 174 Å². The van der Waals surface area contributed by atoms with Crippen LogP contribution in [0.25, 0.3) is 11.0 Å². The van der Waals surface area contributed by atoms with E-state index in [4.69, 9.17) is 9.72 Å². The fourth-order valence-electron chi connectivity index (χ4n) is 3.39. The molecule has 0 aliphatic rings. The predicted octanol–water partition coefficient (Wildman–Crippen LogP) is 4.48. The third kappa shape index (κ3) is 3.96. The highest BCUT2D eigenvalue weighted by Crippen LogP contribution is 2.28. The second-order valence-corrected chi connectivity index (χ2v) is 7.20. The summed E-state index contributed by atoms with van der Waals surface area (Å²) >= 11 is 0. The number of rotatable bonds is 5. The van der Waals surface area contributed by atoms with Gasteiger partial charge in [0.25, 0.3) is 5.91 Å². The van der Waals surface area contributed by atoms with E-state index in [1.807, 2.05) is 29.8 Å². The van der Waals surface area contributed by atoms with Gasteiger partial charge in [-0.15, -0.1) is 0 Å². The van der Waals surface area contributed by atoms with E-state index < -0.39 is 0 Å². The fourth-order valence-corrected chi connectivity index (χ4v) is 3.39. The Morgan fingerprint density at radius 3 is 2.47 bits per heavy atom. The van der Waals surface area contributed by atoms with Crippen LogP contribution in [0.1, 0.15) is 21.6 Å². The maximum absolute atomic E-state index is 11.8. The monoisotopic (exact) mass is 401 g/mol. The molecule has 0 saturated heterocycles. The van der Waals surface area contributed by atoms with Crippen molar-refractivity contribution in [2.24, 2.45) is 7.05 Å². The largest absolute Gasteiger partial charge is 0.457 e. The van der Waals surface area contributed by atoms with Crippen molar-refractivity contribution in [3.8, 4) is 11.5 Å². The van der Waals surface area contributed by atoms with Crippen LogP contribution in [0.15, 0.2) is 54.7 Å². The number of hydrogen-bond acceptors (Lipinski definition) is 5. The Morgan fingerprint density at radius 1 is 1.00 bits per heavy atom. The molecular weight excluding hydrogens is 378 g/mol. The molecule has 0 saturated carbocycles. The van der Waals surface area contributed by atoms with E-state index >= 15 is 0 Å². The summed E-state index contributed by atoms with van der Waals surface area (Å²) in [6, 6.07) is 15.4. The first-order valence-electron chi connectivity index (χ1n) is 9.61. The van der Waals surface area contributed by atoms with Crippen LogP contribution in [0.3, 0.4) is 0 Å². The first-order chi connectivity index (χ1) is 14.4. The summed E-state index contributed by atoms with van der Waals surface area (Å²) in [6.07, 6.45) is 1.55. The van der Waals surface area contributed by atoms with Crippen LogP contribution in [0, 0.1) is 13.8 Å². The van der Waals surface area contributed by atoms with E-state index in [-0.39, 0.29) is 5.91 Å². The zero-order chi connectivity index (χ0) is 21.3. The molecule has 0 atom stereocenters. The number of anilines is 2. The summed E-state index contributed by atoms with van der Waals surface area (Å²) < 4.78 is 7.94. The van der Waals surface area contributed by atoms with Gasteiger partial charge >= 0.3 is 0 Å². The minimum Gasteiger partial charge on any atom is -0.457 e. The number of amides is 1. The van der Waals surface area contributed by atoms with Gasteiger partial charge in [0.2, 0.25) is 5.95 Å². The second-order valence-electron chi connectivity index (χ2n) is 7.20. The van der Waals surface area contributed by atoms with E-state index in [0.29, 0.717) is 17.2 Å². The molecule has 4 rings (SSSR count). The maximum Gasteiger partial charge on any atom is 0.269 e. The van der Waals surface area contributed by atoms with Gasteiger partial charge in [0.1, 0.15) is 17.2 Å². The van der Waals surface area contributed by atoms with Gasteiger partial charge in [0.15, 0.2) is 0 Å². The van der Waals surface area contributed by atoms with Crippen LogP contribution in [0.5, 0.6) is 11.5 Å². The van der Waals surface area contributed by atoms with Gasteiger partial charge in [0.05, 0.1) is 11.0 Å². The van der Waals surface area contributed by atoms with E-state index in [9.17, 15) is 4.79 Å². The minimum atomic E-state index is -0.261. The second kappa shape index (κ2) is 7.87. The van der Waals surface area contributed by atoms with E-state index in [1.54, 1.807) is 25.4 Å². The number of imidazole rings is 1. The van der Waals surface area contributed by atoms with Gasteiger partial charge < -0.3 is 19.9 Å². The van der Waals surface area contributed by atoms with Gasteiger partial charge in [0, 0.05) is 38.1 Å². The molecule has 0 radical (unpaired) electrons. The van der Waals surface area contributed by atoms with Crippen LogP contribution in [0.4, 0.5) is 11.6 Å². The lowest BCUT2D eigenvalue weighted by molar-refractivity contribution is 0.0958. The van der Waals surface area contributed by atoms with Crippen LogP contribution in [-0.4, -0.2) is 27.5 Å². The van der Waals surface area contributed by atoms with Gasteiger partial charge in [-0.1, -0.05) is 6.07 Å². The number of carbonyl (C=O) groups is 1. The lowest BCUT2D eigenvalue weighted by Gasteiger charge is -2.08. The Hall–Kier alpha value is -3.87. The molecule has 0 bridgehead atoms. The first-order valence-corrected chi connectivity index (χ1v) is 9.61. The Balaban J connectivity index is 1.61. The normalized spacial score (nSPS) is 10.8. The van der Waals surface area contributed by atoms with E-state index in [2.05, 4.69) is 47.7 Å². The summed E-state index contributed by atoms with van der Waals surface area (Å²) in [7, 11) is 3.54. The molecule has 7 heteroatoms. The summed E-state index contributed by atoms with van der Waals surface area (Å²) in [6.45, 7) is 4.15.